The van der Waals surface area contributed by atoms with Gasteiger partial charge in [0.1, 0.15) is 5.75 Å². The van der Waals surface area contributed by atoms with Gasteiger partial charge in [-0.3, -0.25) is 0 Å². The lowest BCUT2D eigenvalue weighted by Gasteiger charge is -2.07. The number of H-pyrrole nitrogens is 1. The number of hydrogen-bond donors (Lipinski definition) is 1. The maximum Gasteiger partial charge on any atom is 0.174 e. The average Bonchev–Trinajstić information content (AvgIpc) is 2.86. The maximum absolute atomic E-state index is 6.12. The number of tetrazole rings is 1. The fraction of sp³-hybridized carbons (Fsp3) is 0.417. The largest absolute Gasteiger partial charge is 0.492 e. The molecule has 0 spiro atoms. The van der Waals surface area contributed by atoms with Gasteiger partial charge in [-0.25, -0.2) is 0 Å². The van der Waals surface area contributed by atoms with Crippen LogP contribution in [0, 0.1) is 0 Å². The molecule has 0 bridgehead atoms. The van der Waals surface area contributed by atoms with Crippen molar-refractivity contribution in [2.24, 2.45) is 0 Å². The molecule has 0 saturated heterocycles. The lowest BCUT2D eigenvalue weighted by atomic mass is 10.1. The smallest absolute Gasteiger partial charge is 0.174 e. The van der Waals surface area contributed by atoms with Gasteiger partial charge in [0.15, 0.2) is 5.82 Å². The highest BCUT2D eigenvalue weighted by Gasteiger charge is 2.03. The van der Waals surface area contributed by atoms with Crippen molar-refractivity contribution < 1.29 is 4.74 Å². The molecule has 1 heterocycles. The lowest BCUT2D eigenvalue weighted by molar-refractivity contribution is 0.340. The third-order valence-corrected chi connectivity index (χ3v) is 2.85. The molecule has 0 radical (unpaired) electrons. The molecule has 2 rings (SSSR count). The fourth-order valence-electron chi connectivity index (χ4n) is 1.71. The number of nitrogens with one attached hydrogen (secondary N) is 1. The zero-order valence-corrected chi connectivity index (χ0v) is 10.9. The Kier molecular flexibility index (Phi) is 4.52. The molecule has 0 atom stereocenters. The number of aromatic nitrogens is 4. The van der Waals surface area contributed by atoms with Gasteiger partial charge in [-0.1, -0.05) is 22.9 Å². The molecule has 2 aromatic rings. The van der Waals surface area contributed by atoms with E-state index in [4.69, 9.17) is 16.3 Å². The van der Waals surface area contributed by atoms with E-state index in [2.05, 4.69) is 20.6 Å². The molecular formula is C12H15ClN4O. The Morgan fingerprint density at radius 3 is 2.89 bits per heavy atom. The zero-order chi connectivity index (χ0) is 12.8. The van der Waals surface area contributed by atoms with Crippen LogP contribution in [0.1, 0.15) is 24.7 Å². The van der Waals surface area contributed by atoms with E-state index in [1.54, 1.807) is 0 Å². The Hall–Kier alpha value is -1.62. The summed E-state index contributed by atoms with van der Waals surface area (Å²) in [5.74, 6) is 1.48. The molecule has 6 heteroatoms. The summed E-state index contributed by atoms with van der Waals surface area (Å²) >= 11 is 6.12. The van der Waals surface area contributed by atoms with Gasteiger partial charge in [-0.15, -0.1) is 10.2 Å². The van der Waals surface area contributed by atoms with Crippen molar-refractivity contribution in [2.75, 3.05) is 6.61 Å². The molecule has 0 fully saturated rings. The minimum atomic E-state index is 0.622. The molecule has 0 saturated carbocycles. The number of aromatic amines is 1. The van der Waals surface area contributed by atoms with Gasteiger partial charge in [0, 0.05) is 6.42 Å². The van der Waals surface area contributed by atoms with Gasteiger partial charge >= 0.3 is 0 Å². The van der Waals surface area contributed by atoms with Crippen LogP contribution in [0.4, 0.5) is 0 Å². The molecule has 96 valence electrons. The monoisotopic (exact) mass is 266 g/mol. The van der Waals surface area contributed by atoms with E-state index in [9.17, 15) is 0 Å². The van der Waals surface area contributed by atoms with Crippen LogP contribution in [0.5, 0.6) is 5.75 Å². The van der Waals surface area contributed by atoms with Crippen LogP contribution in [0.2, 0.25) is 5.02 Å². The Bertz CT molecular complexity index is 487. The standard InChI is InChI=1S/C12H15ClN4O/c1-2-18-11-7-6-9(8-10(11)13)4-3-5-12-14-16-17-15-12/h6-8H,2-5H2,1H3,(H,14,15,16,17). The second kappa shape index (κ2) is 6.35. The second-order valence-corrected chi connectivity index (χ2v) is 4.29. The quantitative estimate of drug-likeness (QED) is 0.872. The molecule has 1 aromatic carbocycles. The molecule has 0 amide bonds. The first-order valence-electron chi connectivity index (χ1n) is 5.93. The molecule has 0 unspecified atom stereocenters. The van der Waals surface area contributed by atoms with Gasteiger partial charge in [-0.2, -0.15) is 5.21 Å². The third kappa shape index (κ3) is 3.43. The molecule has 5 nitrogen and oxygen atoms in total. The Morgan fingerprint density at radius 2 is 2.22 bits per heavy atom. The summed E-state index contributed by atoms with van der Waals surface area (Å²) in [4.78, 5) is 0. The van der Waals surface area contributed by atoms with Crippen LogP contribution in [0.25, 0.3) is 0 Å². The third-order valence-electron chi connectivity index (χ3n) is 2.55. The maximum atomic E-state index is 6.12. The summed E-state index contributed by atoms with van der Waals surface area (Å²) in [6, 6.07) is 5.89. The second-order valence-electron chi connectivity index (χ2n) is 3.88. The lowest BCUT2D eigenvalue weighted by Crippen LogP contribution is -1.95. The fourth-order valence-corrected chi connectivity index (χ4v) is 1.97. The normalized spacial score (nSPS) is 10.6. The van der Waals surface area contributed by atoms with Crippen LogP contribution in [-0.4, -0.2) is 27.2 Å². The van der Waals surface area contributed by atoms with Crippen LogP contribution >= 0.6 is 11.6 Å². The topological polar surface area (TPSA) is 63.7 Å². The molecule has 1 aromatic heterocycles. The Labute approximate surface area is 111 Å². The summed E-state index contributed by atoms with van der Waals surface area (Å²) in [5, 5.41) is 14.4. The van der Waals surface area contributed by atoms with E-state index < -0.39 is 0 Å². The van der Waals surface area contributed by atoms with Gasteiger partial charge in [0.05, 0.1) is 11.6 Å². The van der Waals surface area contributed by atoms with Crippen molar-refractivity contribution in [3.63, 3.8) is 0 Å². The summed E-state index contributed by atoms with van der Waals surface area (Å²) in [5.41, 5.74) is 1.19. The van der Waals surface area contributed by atoms with E-state index >= 15 is 0 Å². The highest BCUT2D eigenvalue weighted by Crippen LogP contribution is 2.25. The molecule has 0 aliphatic rings. The number of rotatable bonds is 6. The summed E-state index contributed by atoms with van der Waals surface area (Å²) < 4.78 is 5.39. The van der Waals surface area contributed by atoms with Gasteiger partial charge in [0.25, 0.3) is 0 Å². The van der Waals surface area contributed by atoms with Crippen LogP contribution in [0.15, 0.2) is 18.2 Å². The molecule has 18 heavy (non-hydrogen) atoms. The van der Waals surface area contributed by atoms with Crippen LogP contribution < -0.4 is 4.74 Å². The molecular weight excluding hydrogens is 252 g/mol. The highest BCUT2D eigenvalue weighted by molar-refractivity contribution is 6.32. The highest BCUT2D eigenvalue weighted by atomic mass is 35.5. The van der Waals surface area contributed by atoms with Crippen LogP contribution in [0.3, 0.4) is 0 Å². The predicted octanol–water partition coefficient (Wildman–Crippen LogP) is 2.43. The number of nitrogens with zero attached hydrogens (tertiary/aromatic N) is 3. The van der Waals surface area contributed by atoms with Crippen molar-refractivity contribution in [1.29, 1.82) is 0 Å². The first-order valence-corrected chi connectivity index (χ1v) is 6.31. The number of hydrogen-bond acceptors (Lipinski definition) is 4. The predicted molar refractivity (Wildman–Crippen MR) is 68.8 cm³/mol. The summed E-state index contributed by atoms with van der Waals surface area (Å²) in [7, 11) is 0. The number of aryl methyl sites for hydroxylation is 2. The van der Waals surface area contributed by atoms with Crippen LogP contribution in [-0.2, 0) is 12.8 Å². The Morgan fingerprint density at radius 1 is 1.33 bits per heavy atom. The van der Waals surface area contributed by atoms with Gasteiger partial charge in [0.2, 0.25) is 0 Å². The summed E-state index contributed by atoms with van der Waals surface area (Å²) in [6.07, 6.45) is 2.70. The minimum Gasteiger partial charge on any atom is -0.492 e. The van der Waals surface area contributed by atoms with E-state index in [-0.39, 0.29) is 0 Å². The average molecular weight is 267 g/mol. The number of benzene rings is 1. The Balaban J connectivity index is 1.88. The van der Waals surface area contributed by atoms with Crippen molar-refractivity contribution in [3.8, 4) is 5.75 Å². The molecule has 0 aliphatic heterocycles. The van der Waals surface area contributed by atoms with Crippen molar-refractivity contribution in [1.82, 2.24) is 20.6 Å². The first-order chi connectivity index (χ1) is 8.79. The number of halogens is 1. The van der Waals surface area contributed by atoms with E-state index in [1.807, 2.05) is 25.1 Å². The van der Waals surface area contributed by atoms with Crippen molar-refractivity contribution in [3.05, 3.63) is 34.6 Å². The van der Waals surface area contributed by atoms with Crippen molar-refractivity contribution in [2.45, 2.75) is 26.2 Å². The van der Waals surface area contributed by atoms with E-state index in [1.165, 1.54) is 5.56 Å². The van der Waals surface area contributed by atoms with Crippen molar-refractivity contribution >= 4 is 11.6 Å². The minimum absolute atomic E-state index is 0.622. The zero-order valence-electron chi connectivity index (χ0n) is 10.2. The molecule has 0 aliphatic carbocycles. The SMILES string of the molecule is CCOc1ccc(CCCc2nn[nH]n2)cc1Cl. The van der Waals surface area contributed by atoms with Gasteiger partial charge in [-0.05, 0) is 37.5 Å². The first kappa shape index (κ1) is 12.8. The van der Waals surface area contributed by atoms with E-state index in [0.29, 0.717) is 11.6 Å². The number of ether oxygens (including phenoxy) is 1. The molecule has 1 N–H and O–H groups in total. The summed E-state index contributed by atoms with van der Waals surface area (Å²) in [6.45, 7) is 2.56. The van der Waals surface area contributed by atoms with Gasteiger partial charge < -0.3 is 4.74 Å². The van der Waals surface area contributed by atoms with E-state index in [0.717, 1.165) is 30.8 Å².